The van der Waals surface area contributed by atoms with Crippen molar-refractivity contribution in [2.45, 2.75) is 18.9 Å². The van der Waals surface area contributed by atoms with Gasteiger partial charge in [0.2, 0.25) is 0 Å². The van der Waals surface area contributed by atoms with E-state index in [0.717, 1.165) is 24.3 Å². The third-order valence-corrected chi connectivity index (χ3v) is 3.62. The van der Waals surface area contributed by atoms with Crippen molar-refractivity contribution in [3.63, 3.8) is 0 Å². The molecule has 0 saturated carbocycles. The summed E-state index contributed by atoms with van der Waals surface area (Å²) in [6, 6.07) is 3.65. The average Bonchev–Trinajstić information content (AvgIpc) is 2.31. The van der Waals surface area contributed by atoms with Crippen LogP contribution in [0.4, 0.5) is 5.69 Å². The number of nitrogen functional groups attached to an aromatic ring is 1. The molecule has 94 valence electrons. The minimum atomic E-state index is -0.100. The lowest BCUT2D eigenvalue weighted by molar-refractivity contribution is 0.0930. The quantitative estimate of drug-likeness (QED) is 0.861. The Morgan fingerprint density at radius 2 is 2.12 bits per heavy atom. The predicted molar refractivity (Wildman–Crippen MR) is 73.7 cm³/mol. The average molecular weight is 274 g/mol. The molecular formula is C11H16ClN3OS. The van der Waals surface area contributed by atoms with Gasteiger partial charge in [0.25, 0.3) is 5.91 Å². The number of hydrogen-bond donors (Lipinski definition) is 2. The number of nitrogens with zero attached hydrogens (tertiary/aromatic N) is 1. The van der Waals surface area contributed by atoms with Gasteiger partial charge >= 0.3 is 0 Å². The van der Waals surface area contributed by atoms with Gasteiger partial charge in [0.15, 0.2) is 0 Å². The molecule has 1 saturated heterocycles. The second-order valence-corrected chi connectivity index (χ2v) is 5.06. The molecule has 0 radical (unpaired) electrons. The summed E-state index contributed by atoms with van der Waals surface area (Å²) in [4.78, 5) is 15.8. The molecule has 1 aromatic heterocycles. The zero-order valence-electron chi connectivity index (χ0n) is 9.39. The zero-order chi connectivity index (χ0) is 11.4. The van der Waals surface area contributed by atoms with Crippen LogP contribution in [0.5, 0.6) is 0 Å². The van der Waals surface area contributed by atoms with Crippen LogP contribution >= 0.6 is 24.2 Å². The molecule has 0 spiro atoms. The van der Waals surface area contributed by atoms with Crippen LogP contribution in [0.2, 0.25) is 0 Å². The highest BCUT2D eigenvalue weighted by atomic mass is 35.5. The Labute approximate surface area is 111 Å². The first-order valence-electron chi connectivity index (χ1n) is 5.36. The van der Waals surface area contributed by atoms with E-state index in [9.17, 15) is 4.79 Å². The van der Waals surface area contributed by atoms with Gasteiger partial charge in [-0.3, -0.25) is 4.79 Å². The first-order valence-corrected chi connectivity index (χ1v) is 6.51. The van der Waals surface area contributed by atoms with E-state index in [2.05, 4.69) is 10.3 Å². The van der Waals surface area contributed by atoms with Gasteiger partial charge in [-0.25, -0.2) is 4.98 Å². The van der Waals surface area contributed by atoms with Crippen LogP contribution < -0.4 is 11.1 Å². The maximum absolute atomic E-state index is 11.8. The van der Waals surface area contributed by atoms with E-state index >= 15 is 0 Å². The monoisotopic (exact) mass is 273 g/mol. The summed E-state index contributed by atoms with van der Waals surface area (Å²) in [5, 5.41) is 3.00. The standard InChI is InChI=1S/C11H15N3OS.ClH/c12-8-1-2-10(13-7-8)11(15)14-9-3-5-16-6-4-9;/h1-2,7,9H,3-6,12H2,(H,14,15);1H. The van der Waals surface area contributed by atoms with Crippen molar-refractivity contribution in [2.75, 3.05) is 17.2 Å². The Balaban J connectivity index is 0.00000144. The van der Waals surface area contributed by atoms with E-state index in [1.807, 2.05) is 11.8 Å². The van der Waals surface area contributed by atoms with E-state index in [1.54, 1.807) is 12.1 Å². The summed E-state index contributed by atoms with van der Waals surface area (Å²) in [6.45, 7) is 0. The third kappa shape index (κ3) is 4.09. The molecule has 0 bridgehead atoms. The van der Waals surface area contributed by atoms with Gasteiger partial charge in [0.05, 0.1) is 11.9 Å². The molecule has 0 unspecified atom stereocenters. The second-order valence-electron chi connectivity index (χ2n) is 3.84. The summed E-state index contributed by atoms with van der Waals surface area (Å²) in [5.74, 6) is 2.15. The number of carbonyl (C=O) groups is 1. The molecule has 1 aliphatic rings. The van der Waals surface area contributed by atoms with Crippen molar-refractivity contribution in [2.24, 2.45) is 0 Å². The topological polar surface area (TPSA) is 68.0 Å². The van der Waals surface area contributed by atoms with Crippen molar-refractivity contribution in [1.29, 1.82) is 0 Å². The highest BCUT2D eigenvalue weighted by molar-refractivity contribution is 7.99. The summed E-state index contributed by atoms with van der Waals surface area (Å²) in [6.07, 6.45) is 3.60. The summed E-state index contributed by atoms with van der Waals surface area (Å²) in [7, 11) is 0. The van der Waals surface area contributed by atoms with Gasteiger partial charge in [0, 0.05) is 6.04 Å². The molecule has 17 heavy (non-hydrogen) atoms. The fourth-order valence-electron chi connectivity index (χ4n) is 1.64. The number of hydrogen-bond acceptors (Lipinski definition) is 4. The van der Waals surface area contributed by atoms with Crippen molar-refractivity contribution in [3.05, 3.63) is 24.0 Å². The van der Waals surface area contributed by atoms with E-state index in [-0.39, 0.29) is 18.3 Å². The number of thioether (sulfide) groups is 1. The molecule has 6 heteroatoms. The normalized spacial score (nSPS) is 16.0. The largest absolute Gasteiger partial charge is 0.397 e. The number of rotatable bonds is 2. The molecule has 1 aliphatic heterocycles. The molecule has 1 aromatic rings. The van der Waals surface area contributed by atoms with Gasteiger partial charge in [-0.1, -0.05) is 0 Å². The van der Waals surface area contributed by atoms with Gasteiger partial charge in [-0.2, -0.15) is 11.8 Å². The van der Waals surface area contributed by atoms with Gasteiger partial charge in [0.1, 0.15) is 5.69 Å². The number of halogens is 1. The van der Waals surface area contributed by atoms with E-state index < -0.39 is 0 Å². The van der Waals surface area contributed by atoms with Crippen molar-refractivity contribution in [1.82, 2.24) is 10.3 Å². The van der Waals surface area contributed by atoms with Crippen LogP contribution in [0.15, 0.2) is 18.3 Å². The highest BCUT2D eigenvalue weighted by Gasteiger charge is 2.17. The first-order chi connectivity index (χ1) is 7.75. The van der Waals surface area contributed by atoms with Gasteiger partial charge in [-0.05, 0) is 36.5 Å². The number of nitrogens with two attached hydrogens (primary N) is 1. The number of nitrogens with one attached hydrogen (secondary N) is 1. The van der Waals surface area contributed by atoms with Crippen LogP contribution in [0.25, 0.3) is 0 Å². The number of aromatic nitrogens is 1. The third-order valence-electron chi connectivity index (χ3n) is 2.58. The van der Waals surface area contributed by atoms with Crippen molar-refractivity contribution >= 4 is 35.8 Å². The first kappa shape index (κ1) is 14.1. The molecule has 0 aliphatic carbocycles. The number of carbonyl (C=O) groups excluding carboxylic acids is 1. The maximum atomic E-state index is 11.8. The van der Waals surface area contributed by atoms with E-state index in [0.29, 0.717) is 17.4 Å². The minimum absolute atomic E-state index is 0. The molecule has 0 aromatic carbocycles. The Morgan fingerprint density at radius 1 is 1.41 bits per heavy atom. The molecule has 2 heterocycles. The smallest absolute Gasteiger partial charge is 0.270 e. The maximum Gasteiger partial charge on any atom is 0.270 e. The summed E-state index contributed by atoms with van der Waals surface area (Å²) in [5.41, 5.74) is 6.53. The van der Waals surface area contributed by atoms with Crippen LogP contribution in [0.3, 0.4) is 0 Å². The lowest BCUT2D eigenvalue weighted by atomic mass is 10.1. The molecular weight excluding hydrogens is 258 g/mol. The summed E-state index contributed by atoms with van der Waals surface area (Å²) >= 11 is 1.94. The number of pyridine rings is 1. The number of anilines is 1. The molecule has 1 amide bonds. The van der Waals surface area contributed by atoms with Gasteiger partial charge < -0.3 is 11.1 Å². The van der Waals surface area contributed by atoms with Crippen LogP contribution in [0, 0.1) is 0 Å². The van der Waals surface area contributed by atoms with Gasteiger partial charge in [-0.15, -0.1) is 12.4 Å². The molecule has 4 nitrogen and oxygen atoms in total. The SMILES string of the molecule is Cl.Nc1ccc(C(=O)NC2CCSCC2)nc1. The Hall–Kier alpha value is -0.940. The molecule has 2 rings (SSSR count). The van der Waals surface area contributed by atoms with Crippen LogP contribution in [-0.2, 0) is 0 Å². The number of amides is 1. The molecule has 0 atom stereocenters. The highest BCUT2D eigenvalue weighted by Crippen LogP contribution is 2.17. The fourth-order valence-corrected chi connectivity index (χ4v) is 2.75. The van der Waals surface area contributed by atoms with E-state index in [4.69, 9.17) is 5.73 Å². The van der Waals surface area contributed by atoms with E-state index in [1.165, 1.54) is 6.20 Å². The zero-order valence-corrected chi connectivity index (χ0v) is 11.0. The minimum Gasteiger partial charge on any atom is -0.397 e. The lowest BCUT2D eigenvalue weighted by Gasteiger charge is -2.22. The van der Waals surface area contributed by atoms with Crippen LogP contribution in [-0.4, -0.2) is 28.4 Å². The van der Waals surface area contributed by atoms with Crippen LogP contribution in [0.1, 0.15) is 23.3 Å². The lowest BCUT2D eigenvalue weighted by Crippen LogP contribution is -2.37. The van der Waals surface area contributed by atoms with Crippen molar-refractivity contribution in [3.8, 4) is 0 Å². The summed E-state index contributed by atoms with van der Waals surface area (Å²) < 4.78 is 0. The molecule has 1 fully saturated rings. The van der Waals surface area contributed by atoms with Crippen molar-refractivity contribution < 1.29 is 4.79 Å². The Kier molecular flexibility index (Phi) is 5.58. The second kappa shape index (κ2) is 6.71. The fraction of sp³-hybridized carbons (Fsp3) is 0.455. The molecule has 3 N–H and O–H groups in total. The Bertz CT molecular complexity index is 365. The Morgan fingerprint density at radius 3 is 2.71 bits per heavy atom. The predicted octanol–water partition coefficient (Wildman–Crippen LogP) is 1.71.